The van der Waals surface area contributed by atoms with Gasteiger partial charge in [-0.3, -0.25) is 9.59 Å². The SMILES string of the molecule is CC(=O)c1ccc(Nc2ccc(NC(=O)c3ccc4c(c3)OCO4)cc2)cc1. The van der Waals surface area contributed by atoms with Crippen LogP contribution in [0.4, 0.5) is 17.1 Å². The molecule has 0 bridgehead atoms. The summed E-state index contributed by atoms with van der Waals surface area (Å²) in [7, 11) is 0. The second-order valence-electron chi connectivity index (χ2n) is 6.36. The second kappa shape index (κ2) is 7.44. The molecule has 2 N–H and O–H groups in total. The van der Waals surface area contributed by atoms with Crippen molar-refractivity contribution in [3.63, 3.8) is 0 Å². The molecule has 0 saturated heterocycles. The third-order valence-corrected chi connectivity index (χ3v) is 4.36. The Balaban J connectivity index is 1.40. The molecule has 0 spiro atoms. The Bertz CT molecular complexity index is 1030. The maximum absolute atomic E-state index is 12.4. The molecule has 6 nitrogen and oxygen atoms in total. The minimum absolute atomic E-state index is 0.0362. The summed E-state index contributed by atoms with van der Waals surface area (Å²) in [5, 5.41) is 6.12. The summed E-state index contributed by atoms with van der Waals surface area (Å²) in [6, 6.07) is 19.7. The standard InChI is InChI=1S/C22H18N2O4/c1-14(25)15-2-5-17(6-3-15)23-18-7-9-19(10-8-18)24-22(26)16-4-11-20-21(12-16)28-13-27-20/h2-12,23H,13H2,1H3,(H,24,26). The van der Waals surface area contributed by atoms with Gasteiger partial charge >= 0.3 is 0 Å². The summed E-state index contributed by atoms with van der Waals surface area (Å²) >= 11 is 0. The molecule has 3 aromatic carbocycles. The van der Waals surface area contributed by atoms with Gasteiger partial charge in [-0.05, 0) is 73.7 Å². The zero-order valence-electron chi connectivity index (χ0n) is 15.2. The number of hydrogen-bond donors (Lipinski definition) is 2. The molecule has 1 heterocycles. The van der Waals surface area contributed by atoms with Crippen LogP contribution in [0.25, 0.3) is 0 Å². The van der Waals surface area contributed by atoms with E-state index in [2.05, 4.69) is 10.6 Å². The maximum atomic E-state index is 12.4. The predicted octanol–water partition coefficient (Wildman–Crippen LogP) is 4.61. The number of ether oxygens (including phenoxy) is 2. The van der Waals surface area contributed by atoms with Crippen molar-refractivity contribution >= 4 is 28.8 Å². The molecule has 28 heavy (non-hydrogen) atoms. The molecule has 6 heteroatoms. The number of amides is 1. The highest BCUT2D eigenvalue weighted by molar-refractivity contribution is 6.04. The van der Waals surface area contributed by atoms with Gasteiger partial charge in [-0.15, -0.1) is 0 Å². The summed E-state index contributed by atoms with van der Waals surface area (Å²) < 4.78 is 10.6. The molecule has 0 atom stereocenters. The van der Waals surface area contributed by atoms with E-state index in [0.29, 0.717) is 28.3 Å². The van der Waals surface area contributed by atoms with Crippen LogP contribution in [-0.2, 0) is 0 Å². The van der Waals surface area contributed by atoms with Crippen molar-refractivity contribution in [3.8, 4) is 11.5 Å². The molecule has 4 rings (SSSR count). The lowest BCUT2D eigenvalue weighted by Crippen LogP contribution is -2.11. The smallest absolute Gasteiger partial charge is 0.255 e. The summed E-state index contributed by atoms with van der Waals surface area (Å²) in [6.07, 6.45) is 0. The number of fused-ring (bicyclic) bond motifs is 1. The maximum Gasteiger partial charge on any atom is 0.255 e. The van der Waals surface area contributed by atoms with Crippen molar-refractivity contribution < 1.29 is 19.1 Å². The fourth-order valence-corrected chi connectivity index (χ4v) is 2.83. The van der Waals surface area contributed by atoms with Gasteiger partial charge in [0.15, 0.2) is 17.3 Å². The molecular formula is C22H18N2O4. The number of ketones is 1. The highest BCUT2D eigenvalue weighted by Gasteiger charge is 2.16. The molecule has 140 valence electrons. The summed E-state index contributed by atoms with van der Waals surface area (Å²) in [4.78, 5) is 23.8. The Hall–Kier alpha value is -3.80. The van der Waals surface area contributed by atoms with Crippen LogP contribution in [0.15, 0.2) is 66.7 Å². The van der Waals surface area contributed by atoms with E-state index in [-0.39, 0.29) is 18.5 Å². The lowest BCUT2D eigenvalue weighted by atomic mass is 10.1. The van der Waals surface area contributed by atoms with Gasteiger partial charge < -0.3 is 20.1 Å². The van der Waals surface area contributed by atoms with Gasteiger partial charge in [0.1, 0.15) is 0 Å². The number of hydrogen-bond acceptors (Lipinski definition) is 5. The van der Waals surface area contributed by atoms with Crippen LogP contribution in [0.5, 0.6) is 11.5 Å². The molecule has 1 aliphatic heterocycles. The first-order valence-electron chi connectivity index (χ1n) is 8.77. The van der Waals surface area contributed by atoms with Crippen LogP contribution >= 0.6 is 0 Å². The number of carbonyl (C=O) groups is 2. The van der Waals surface area contributed by atoms with Gasteiger partial charge in [0, 0.05) is 28.2 Å². The Morgan fingerprint density at radius 1 is 0.750 bits per heavy atom. The number of Topliss-reactive ketones (excluding diaryl/α,β-unsaturated/α-hetero) is 1. The average molecular weight is 374 g/mol. The third kappa shape index (κ3) is 3.81. The van der Waals surface area contributed by atoms with Gasteiger partial charge in [0.2, 0.25) is 6.79 Å². The first-order valence-corrected chi connectivity index (χ1v) is 8.77. The number of nitrogens with one attached hydrogen (secondary N) is 2. The number of anilines is 3. The fraction of sp³-hybridized carbons (Fsp3) is 0.0909. The van der Waals surface area contributed by atoms with Crippen LogP contribution in [0.2, 0.25) is 0 Å². The van der Waals surface area contributed by atoms with Gasteiger partial charge in [-0.25, -0.2) is 0 Å². The van der Waals surface area contributed by atoms with E-state index in [1.165, 1.54) is 0 Å². The summed E-state index contributed by atoms with van der Waals surface area (Å²) in [6.45, 7) is 1.71. The average Bonchev–Trinajstić information content (AvgIpc) is 3.17. The van der Waals surface area contributed by atoms with Crippen molar-refractivity contribution in [2.75, 3.05) is 17.4 Å². The van der Waals surface area contributed by atoms with Crippen LogP contribution in [0, 0.1) is 0 Å². The molecular weight excluding hydrogens is 356 g/mol. The van der Waals surface area contributed by atoms with Gasteiger partial charge in [0.25, 0.3) is 5.91 Å². The molecule has 1 aliphatic rings. The highest BCUT2D eigenvalue weighted by atomic mass is 16.7. The quantitative estimate of drug-likeness (QED) is 0.638. The van der Waals surface area contributed by atoms with E-state index in [1.54, 1.807) is 37.3 Å². The molecule has 0 radical (unpaired) electrons. The normalized spacial score (nSPS) is 11.8. The van der Waals surface area contributed by atoms with E-state index in [0.717, 1.165) is 11.4 Å². The van der Waals surface area contributed by atoms with E-state index >= 15 is 0 Å². The second-order valence-corrected chi connectivity index (χ2v) is 6.36. The van der Waals surface area contributed by atoms with E-state index < -0.39 is 0 Å². The monoisotopic (exact) mass is 374 g/mol. The van der Waals surface area contributed by atoms with Crippen molar-refractivity contribution in [1.29, 1.82) is 0 Å². The van der Waals surface area contributed by atoms with E-state index in [1.807, 2.05) is 36.4 Å². The van der Waals surface area contributed by atoms with Crippen molar-refractivity contribution in [1.82, 2.24) is 0 Å². The Morgan fingerprint density at radius 3 is 2.00 bits per heavy atom. The van der Waals surface area contributed by atoms with Gasteiger partial charge in [-0.1, -0.05) is 0 Å². The summed E-state index contributed by atoms with van der Waals surface area (Å²) in [5.74, 6) is 1.03. The minimum atomic E-state index is -0.223. The van der Waals surface area contributed by atoms with Gasteiger partial charge in [0.05, 0.1) is 0 Å². The van der Waals surface area contributed by atoms with Crippen molar-refractivity contribution in [3.05, 3.63) is 77.9 Å². The minimum Gasteiger partial charge on any atom is -0.454 e. The number of carbonyl (C=O) groups excluding carboxylic acids is 2. The first kappa shape index (κ1) is 17.6. The molecule has 0 fully saturated rings. The molecule has 0 saturated carbocycles. The summed E-state index contributed by atoms with van der Waals surface area (Å²) in [5.41, 5.74) is 3.60. The number of rotatable bonds is 5. The fourth-order valence-electron chi connectivity index (χ4n) is 2.83. The zero-order chi connectivity index (χ0) is 19.5. The highest BCUT2D eigenvalue weighted by Crippen LogP contribution is 2.32. The van der Waals surface area contributed by atoms with Crippen LogP contribution < -0.4 is 20.1 Å². The third-order valence-electron chi connectivity index (χ3n) is 4.36. The van der Waals surface area contributed by atoms with Gasteiger partial charge in [-0.2, -0.15) is 0 Å². The lowest BCUT2D eigenvalue weighted by Gasteiger charge is -2.09. The van der Waals surface area contributed by atoms with E-state index in [4.69, 9.17) is 9.47 Å². The van der Waals surface area contributed by atoms with Crippen molar-refractivity contribution in [2.24, 2.45) is 0 Å². The molecule has 1 amide bonds. The zero-order valence-corrected chi connectivity index (χ0v) is 15.2. The molecule has 3 aromatic rings. The van der Waals surface area contributed by atoms with Crippen LogP contribution in [0.1, 0.15) is 27.6 Å². The Kier molecular flexibility index (Phi) is 4.68. The predicted molar refractivity (Wildman–Crippen MR) is 107 cm³/mol. The molecule has 0 unspecified atom stereocenters. The van der Waals surface area contributed by atoms with Crippen LogP contribution in [0.3, 0.4) is 0 Å². The topological polar surface area (TPSA) is 76.7 Å². The molecule has 0 aliphatic carbocycles. The van der Waals surface area contributed by atoms with Crippen molar-refractivity contribution in [2.45, 2.75) is 6.92 Å². The van der Waals surface area contributed by atoms with Crippen LogP contribution in [-0.4, -0.2) is 18.5 Å². The van der Waals surface area contributed by atoms with E-state index in [9.17, 15) is 9.59 Å². The first-order chi connectivity index (χ1) is 13.6. The largest absolute Gasteiger partial charge is 0.454 e. The Labute approximate surface area is 162 Å². The molecule has 0 aromatic heterocycles. The number of benzene rings is 3. The Morgan fingerprint density at radius 2 is 1.32 bits per heavy atom. The lowest BCUT2D eigenvalue weighted by molar-refractivity contribution is 0.101.